The van der Waals surface area contributed by atoms with Crippen LogP contribution in [0.2, 0.25) is 0 Å². The van der Waals surface area contributed by atoms with Gasteiger partial charge >= 0.3 is 0 Å². The number of rotatable bonds is 5. The van der Waals surface area contributed by atoms with Crippen LogP contribution in [0.5, 0.6) is 0 Å². The average Bonchev–Trinajstić information content (AvgIpc) is 2.31. The van der Waals surface area contributed by atoms with Crippen LogP contribution in [0.1, 0.15) is 25.8 Å². The van der Waals surface area contributed by atoms with E-state index in [1.807, 2.05) is 45.2 Å². The summed E-state index contributed by atoms with van der Waals surface area (Å²) in [6, 6.07) is 8.00. The predicted molar refractivity (Wildman–Crippen MR) is 78.1 cm³/mol. The van der Waals surface area contributed by atoms with Crippen molar-refractivity contribution in [1.29, 1.82) is 0 Å². The maximum atomic E-state index is 12.0. The van der Waals surface area contributed by atoms with Crippen LogP contribution in [0.4, 0.5) is 0 Å². The van der Waals surface area contributed by atoms with Gasteiger partial charge in [0.25, 0.3) is 0 Å². The SMILES string of the molecule is CN(Cc1ccc(Br)cc1)C(=O)CC(C)(C)CN. The minimum absolute atomic E-state index is 0.133. The molecule has 3 nitrogen and oxygen atoms in total. The van der Waals surface area contributed by atoms with Gasteiger partial charge in [-0.1, -0.05) is 41.9 Å². The van der Waals surface area contributed by atoms with Crippen molar-refractivity contribution in [3.05, 3.63) is 34.3 Å². The van der Waals surface area contributed by atoms with E-state index >= 15 is 0 Å². The van der Waals surface area contributed by atoms with Gasteiger partial charge in [-0.05, 0) is 29.7 Å². The van der Waals surface area contributed by atoms with Crippen molar-refractivity contribution in [3.8, 4) is 0 Å². The highest BCUT2D eigenvalue weighted by Gasteiger charge is 2.22. The number of amides is 1. The van der Waals surface area contributed by atoms with E-state index in [-0.39, 0.29) is 11.3 Å². The fourth-order valence-corrected chi connectivity index (χ4v) is 1.83. The molecule has 1 rings (SSSR count). The van der Waals surface area contributed by atoms with Crippen molar-refractivity contribution in [2.45, 2.75) is 26.8 Å². The molecule has 0 radical (unpaired) electrons. The fraction of sp³-hybridized carbons (Fsp3) is 0.500. The standard InChI is InChI=1S/C14H21BrN2O/c1-14(2,10-16)8-13(18)17(3)9-11-4-6-12(15)7-5-11/h4-7H,8-10,16H2,1-3H3. The van der Waals surface area contributed by atoms with Gasteiger partial charge in [-0.25, -0.2) is 0 Å². The average molecular weight is 313 g/mol. The van der Waals surface area contributed by atoms with Crippen LogP contribution in [-0.2, 0) is 11.3 Å². The molecular formula is C14H21BrN2O. The van der Waals surface area contributed by atoms with Gasteiger partial charge in [0.2, 0.25) is 5.91 Å². The van der Waals surface area contributed by atoms with Crippen LogP contribution in [0.25, 0.3) is 0 Å². The molecule has 0 aliphatic heterocycles. The number of halogens is 1. The smallest absolute Gasteiger partial charge is 0.223 e. The summed E-state index contributed by atoms with van der Waals surface area (Å²) in [6.45, 7) is 5.17. The third-order valence-electron chi connectivity index (χ3n) is 2.94. The molecule has 0 spiro atoms. The Bertz CT molecular complexity index is 401. The third kappa shape index (κ3) is 4.78. The second-order valence-corrected chi connectivity index (χ2v) is 6.34. The van der Waals surface area contributed by atoms with E-state index in [0.717, 1.165) is 10.0 Å². The van der Waals surface area contributed by atoms with Crippen molar-refractivity contribution >= 4 is 21.8 Å². The van der Waals surface area contributed by atoms with Gasteiger partial charge in [-0.3, -0.25) is 4.79 Å². The number of hydrogen-bond acceptors (Lipinski definition) is 2. The van der Waals surface area contributed by atoms with Crippen LogP contribution in [0.3, 0.4) is 0 Å². The van der Waals surface area contributed by atoms with Crippen molar-refractivity contribution in [1.82, 2.24) is 4.90 Å². The second kappa shape index (κ2) is 6.34. The Hall–Kier alpha value is -0.870. The van der Waals surface area contributed by atoms with E-state index in [9.17, 15) is 4.79 Å². The van der Waals surface area contributed by atoms with E-state index in [1.54, 1.807) is 4.90 Å². The minimum Gasteiger partial charge on any atom is -0.341 e. The van der Waals surface area contributed by atoms with E-state index in [0.29, 0.717) is 19.5 Å². The third-order valence-corrected chi connectivity index (χ3v) is 3.47. The topological polar surface area (TPSA) is 46.3 Å². The molecule has 0 aliphatic carbocycles. The van der Waals surface area contributed by atoms with Gasteiger partial charge in [0.05, 0.1) is 0 Å². The molecule has 4 heteroatoms. The van der Waals surface area contributed by atoms with Gasteiger partial charge in [0.1, 0.15) is 0 Å². The number of carbonyl (C=O) groups excluding carboxylic acids is 1. The lowest BCUT2D eigenvalue weighted by Crippen LogP contribution is -2.34. The summed E-state index contributed by atoms with van der Waals surface area (Å²) in [7, 11) is 1.83. The summed E-state index contributed by atoms with van der Waals surface area (Å²) in [4.78, 5) is 13.8. The zero-order valence-electron chi connectivity index (χ0n) is 11.2. The van der Waals surface area contributed by atoms with Crippen LogP contribution in [0.15, 0.2) is 28.7 Å². The number of carbonyl (C=O) groups is 1. The monoisotopic (exact) mass is 312 g/mol. The fourth-order valence-electron chi connectivity index (χ4n) is 1.57. The first-order valence-corrected chi connectivity index (χ1v) is 6.82. The zero-order valence-corrected chi connectivity index (χ0v) is 12.8. The van der Waals surface area contributed by atoms with Gasteiger partial charge in [-0.2, -0.15) is 0 Å². The van der Waals surface area contributed by atoms with Crippen LogP contribution < -0.4 is 5.73 Å². The van der Waals surface area contributed by atoms with Gasteiger partial charge < -0.3 is 10.6 Å². The van der Waals surface area contributed by atoms with Gasteiger partial charge in [-0.15, -0.1) is 0 Å². The minimum atomic E-state index is -0.134. The highest BCUT2D eigenvalue weighted by Crippen LogP contribution is 2.20. The molecule has 0 unspecified atom stereocenters. The maximum Gasteiger partial charge on any atom is 0.223 e. The Morgan fingerprint density at radius 3 is 2.39 bits per heavy atom. The Labute approximate surface area is 117 Å². The van der Waals surface area contributed by atoms with Crippen molar-refractivity contribution in [2.24, 2.45) is 11.1 Å². The van der Waals surface area contributed by atoms with Crippen LogP contribution in [-0.4, -0.2) is 24.4 Å². The first-order valence-electron chi connectivity index (χ1n) is 6.02. The highest BCUT2D eigenvalue weighted by molar-refractivity contribution is 9.10. The summed E-state index contributed by atoms with van der Waals surface area (Å²) in [5, 5.41) is 0. The summed E-state index contributed by atoms with van der Waals surface area (Å²) in [5.74, 6) is 0.133. The van der Waals surface area contributed by atoms with E-state index in [2.05, 4.69) is 15.9 Å². The summed E-state index contributed by atoms with van der Waals surface area (Å²) in [6.07, 6.45) is 0.483. The molecule has 0 bridgehead atoms. The molecule has 0 atom stereocenters. The summed E-state index contributed by atoms with van der Waals surface area (Å²) in [5.41, 5.74) is 6.64. The summed E-state index contributed by atoms with van der Waals surface area (Å²) >= 11 is 3.40. The molecule has 0 fully saturated rings. The highest BCUT2D eigenvalue weighted by atomic mass is 79.9. The molecule has 0 heterocycles. The number of benzene rings is 1. The van der Waals surface area contributed by atoms with E-state index in [4.69, 9.17) is 5.73 Å². The maximum absolute atomic E-state index is 12.0. The Morgan fingerprint density at radius 1 is 1.33 bits per heavy atom. The molecule has 1 aromatic rings. The number of nitrogens with two attached hydrogens (primary N) is 1. The van der Waals surface area contributed by atoms with Crippen molar-refractivity contribution < 1.29 is 4.79 Å². The molecular weight excluding hydrogens is 292 g/mol. The first kappa shape index (κ1) is 15.2. The second-order valence-electron chi connectivity index (χ2n) is 5.42. The molecule has 1 aromatic carbocycles. The molecule has 0 aliphatic rings. The quantitative estimate of drug-likeness (QED) is 0.908. The first-order chi connectivity index (χ1) is 8.34. The lowest BCUT2D eigenvalue weighted by atomic mass is 9.89. The zero-order chi connectivity index (χ0) is 13.8. The number of hydrogen-bond donors (Lipinski definition) is 1. The van der Waals surface area contributed by atoms with Gasteiger partial charge in [0, 0.05) is 24.5 Å². The Morgan fingerprint density at radius 2 is 1.89 bits per heavy atom. The molecule has 2 N–H and O–H groups in total. The molecule has 0 saturated carbocycles. The molecule has 1 amide bonds. The summed E-state index contributed by atoms with van der Waals surface area (Å²) < 4.78 is 1.05. The molecule has 0 aromatic heterocycles. The van der Waals surface area contributed by atoms with Crippen molar-refractivity contribution in [2.75, 3.05) is 13.6 Å². The molecule has 18 heavy (non-hydrogen) atoms. The van der Waals surface area contributed by atoms with Crippen LogP contribution >= 0.6 is 15.9 Å². The lowest BCUT2D eigenvalue weighted by Gasteiger charge is -2.25. The number of nitrogens with zero attached hydrogens (tertiary/aromatic N) is 1. The normalized spacial score (nSPS) is 11.4. The largest absolute Gasteiger partial charge is 0.341 e. The van der Waals surface area contributed by atoms with Crippen molar-refractivity contribution in [3.63, 3.8) is 0 Å². The van der Waals surface area contributed by atoms with Crippen LogP contribution in [0, 0.1) is 5.41 Å². The van der Waals surface area contributed by atoms with E-state index in [1.165, 1.54) is 0 Å². The predicted octanol–water partition coefficient (Wildman–Crippen LogP) is 2.78. The Kier molecular flexibility index (Phi) is 5.35. The lowest BCUT2D eigenvalue weighted by molar-refractivity contribution is -0.132. The van der Waals surface area contributed by atoms with Gasteiger partial charge in [0.15, 0.2) is 0 Å². The van der Waals surface area contributed by atoms with E-state index < -0.39 is 0 Å². The molecule has 100 valence electrons. The molecule has 0 saturated heterocycles. The Balaban J connectivity index is 2.57.